The number of benzene rings is 2. The maximum absolute atomic E-state index is 10.1. The molecule has 56 heavy (non-hydrogen) atoms. The van der Waals surface area contributed by atoms with Gasteiger partial charge in [-0.25, -0.2) is 9.97 Å². The Hall–Kier alpha value is -4.40. The maximum Gasteiger partial charge on any atom is 0.186 e. The molecular formula is C40H46N4O12. The third-order valence-corrected chi connectivity index (χ3v) is 9.31. The molecule has 6 rings (SSSR count). The van der Waals surface area contributed by atoms with Gasteiger partial charge in [-0.1, -0.05) is 48.5 Å². The summed E-state index contributed by atoms with van der Waals surface area (Å²) in [7, 11) is 0. The molecule has 4 aromatic rings. The zero-order valence-corrected chi connectivity index (χ0v) is 30.3. The molecule has 2 aliphatic rings. The van der Waals surface area contributed by atoms with Crippen molar-refractivity contribution < 1.29 is 59.8 Å². The summed E-state index contributed by atoms with van der Waals surface area (Å²) in [6.45, 7) is -0.470. The Morgan fingerprint density at radius 1 is 0.518 bits per heavy atom. The van der Waals surface area contributed by atoms with E-state index in [1.807, 2.05) is 84.9 Å². The standard InChI is InChI=1S/C40H46N4O12/c45-21-31-33(47)35(49)37(51)39(55-31)53-15-13-41-19-23-5-1-7-25(17-23)27-9-3-11-29(43-27)30-12-4-10-28(44-30)26-8-2-6-24(18-26)20-42-14-16-54-40-38(52)36(50)34(48)32(22-46)56-40/h1-12,17-20,31-40,45-52H,13-16,21-22H2/t31-,32-,33+,34+,35+,36+,37-,38-,39-,40-/m1/s1. The predicted molar refractivity (Wildman–Crippen MR) is 203 cm³/mol. The summed E-state index contributed by atoms with van der Waals surface area (Å²) in [6, 6.07) is 26.9. The molecule has 2 aromatic heterocycles. The molecule has 2 aliphatic heterocycles. The smallest absolute Gasteiger partial charge is 0.186 e. The van der Waals surface area contributed by atoms with Gasteiger partial charge in [0.15, 0.2) is 12.6 Å². The van der Waals surface area contributed by atoms with E-state index in [0.29, 0.717) is 11.4 Å². The summed E-state index contributed by atoms with van der Waals surface area (Å²) in [5.41, 5.74) is 6.25. The topological polar surface area (TPSA) is 249 Å². The molecule has 0 aliphatic carbocycles. The number of pyridine rings is 2. The first-order chi connectivity index (χ1) is 27.2. The molecule has 2 saturated heterocycles. The van der Waals surface area contributed by atoms with Crippen LogP contribution in [-0.4, -0.2) is 164 Å². The van der Waals surface area contributed by atoms with Crippen LogP contribution < -0.4 is 0 Å². The third-order valence-electron chi connectivity index (χ3n) is 9.31. The number of aliphatic imine (C=N–C) groups is 2. The summed E-state index contributed by atoms with van der Waals surface area (Å²) in [6.07, 6.45) is -9.99. The van der Waals surface area contributed by atoms with Crippen molar-refractivity contribution in [1.29, 1.82) is 0 Å². The largest absolute Gasteiger partial charge is 0.394 e. The van der Waals surface area contributed by atoms with Gasteiger partial charge in [-0.2, -0.15) is 0 Å². The van der Waals surface area contributed by atoms with Crippen LogP contribution in [-0.2, 0) is 18.9 Å². The zero-order chi connectivity index (χ0) is 39.6. The van der Waals surface area contributed by atoms with Crippen LogP contribution in [0.25, 0.3) is 33.9 Å². The number of aromatic nitrogens is 2. The molecule has 298 valence electrons. The minimum Gasteiger partial charge on any atom is -0.394 e. The molecule has 0 amide bonds. The van der Waals surface area contributed by atoms with Gasteiger partial charge in [0, 0.05) is 23.6 Å². The first kappa shape index (κ1) is 41.2. The summed E-state index contributed by atoms with van der Waals surface area (Å²) in [5, 5.41) is 78.7. The van der Waals surface area contributed by atoms with Crippen molar-refractivity contribution in [1.82, 2.24) is 9.97 Å². The van der Waals surface area contributed by atoms with E-state index in [9.17, 15) is 40.9 Å². The minimum atomic E-state index is -1.51. The van der Waals surface area contributed by atoms with Crippen LogP contribution >= 0.6 is 0 Å². The van der Waals surface area contributed by atoms with E-state index >= 15 is 0 Å². The molecule has 4 heterocycles. The summed E-state index contributed by atoms with van der Waals surface area (Å²) >= 11 is 0. The van der Waals surface area contributed by atoms with Crippen LogP contribution in [0.15, 0.2) is 94.9 Å². The lowest BCUT2D eigenvalue weighted by atomic mass is 9.99. The van der Waals surface area contributed by atoms with Gasteiger partial charge in [0.1, 0.15) is 48.8 Å². The fourth-order valence-electron chi connectivity index (χ4n) is 6.23. The third kappa shape index (κ3) is 10.1. The van der Waals surface area contributed by atoms with Gasteiger partial charge in [-0.05, 0) is 47.5 Å². The van der Waals surface area contributed by atoms with Crippen molar-refractivity contribution in [3.8, 4) is 33.9 Å². The van der Waals surface area contributed by atoms with Crippen LogP contribution in [0.3, 0.4) is 0 Å². The molecule has 16 nitrogen and oxygen atoms in total. The lowest BCUT2D eigenvalue weighted by Crippen LogP contribution is -2.59. The SMILES string of the molecule is OC[C@H]1O[C@@H](OCCN=Cc2cccc(-c3cccc(-c4cccc(-c5cccc(C=NCCO[C@@H]6O[C@H](CO)[C@H](O)[C@H](O)[C@H]6O)c5)n4)n3)c2)[C@H](O)[C@@H](O)[C@H]1O. The number of ether oxygens (including phenoxy) is 4. The molecule has 0 spiro atoms. The van der Waals surface area contributed by atoms with Gasteiger partial charge in [0.25, 0.3) is 0 Å². The van der Waals surface area contributed by atoms with Gasteiger partial charge in [-0.3, -0.25) is 9.98 Å². The highest BCUT2D eigenvalue weighted by Crippen LogP contribution is 2.26. The summed E-state index contributed by atoms with van der Waals surface area (Å²) < 4.78 is 21.7. The maximum atomic E-state index is 10.1. The van der Waals surface area contributed by atoms with E-state index in [-0.39, 0.29) is 26.3 Å². The highest BCUT2D eigenvalue weighted by atomic mass is 16.7. The lowest BCUT2D eigenvalue weighted by Gasteiger charge is -2.39. The second kappa shape index (κ2) is 19.6. The average molecular weight is 775 g/mol. The normalized spacial score (nSPS) is 28.3. The first-order valence-electron chi connectivity index (χ1n) is 18.2. The second-order valence-electron chi connectivity index (χ2n) is 13.3. The second-order valence-corrected chi connectivity index (χ2v) is 13.3. The van der Waals surface area contributed by atoms with E-state index in [1.165, 1.54) is 0 Å². The number of aliphatic hydroxyl groups excluding tert-OH is 8. The van der Waals surface area contributed by atoms with Crippen LogP contribution in [0.4, 0.5) is 0 Å². The van der Waals surface area contributed by atoms with E-state index in [4.69, 9.17) is 28.9 Å². The Morgan fingerprint density at radius 3 is 1.32 bits per heavy atom. The fourth-order valence-corrected chi connectivity index (χ4v) is 6.23. The van der Waals surface area contributed by atoms with Gasteiger partial charge in [-0.15, -0.1) is 0 Å². The molecule has 16 heteroatoms. The molecular weight excluding hydrogens is 728 g/mol. The molecule has 2 aromatic carbocycles. The van der Waals surface area contributed by atoms with Crippen LogP contribution in [0, 0.1) is 0 Å². The van der Waals surface area contributed by atoms with Gasteiger partial charge in [0.2, 0.25) is 0 Å². The molecule has 0 unspecified atom stereocenters. The van der Waals surface area contributed by atoms with Gasteiger partial charge in [0.05, 0.1) is 62.3 Å². The van der Waals surface area contributed by atoms with Crippen LogP contribution in [0.5, 0.6) is 0 Å². The predicted octanol–water partition coefficient (Wildman–Crippen LogP) is -0.0516. The van der Waals surface area contributed by atoms with Crippen molar-refractivity contribution in [2.45, 2.75) is 61.4 Å². The van der Waals surface area contributed by atoms with Crippen molar-refractivity contribution in [3.05, 3.63) is 96.1 Å². The summed E-state index contributed by atoms with van der Waals surface area (Å²) in [4.78, 5) is 18.6. The highest BCUT2D eigenvalue weighted by Gasteiger charge is 2.45. The number of hydrogen-bond acceptors (Lipinski definition) is 16. The monoisotopic (exact) mass is 774 g/mol. The van der Waals surface area contributed by atoms with Crippen molar-refractivity contribution in [3.63, 3.8) is 0 Å². The minimum absolute atomic E-state index is 0.0685. The Labute approximate surface area is 322 Å². The number of nitrogens with zero attached hydrogens (tertiary/aromatic N) is 4. The molecule has 10 atom stereocenters. The molecule has 0 bridgehead atoms. The number of hydrogen-bond donors (Lipinski definition) is 8. The van der Waals surface area contributed by atoms with E-state index in [0.717, 1.165) is 33.6 Å². The van der Waals surface area contributed by atoms with E-state index in [1.54, 1.807) is 12.4 Å². The molecule has 0 radical (unpaired) electrons. The van der Waals surface area contributed by atoms with Crippen LogP contribution in [0.1, 0.15) is 11.1 Å². The fraction of sp³-hybridized carbons (Fsp3) is 0.400. The molecule has 8 N–H and O–H groups in total. The van der Waals surface area contributed by atoms with Crippen LogP contribution in [0.2, 0.25) is 0 Å². The van der Waals surface area contributed by atoms with Crippen molar-refractivity contribution >= 4 is 12.4 Å². The van der Waals surface area contributed by atoms with Gasteiger partial charge >= 0.3 is 0 Å². The Balaban J connectivity index is 1.04. The van der Waals surface area contributed by atoms with E-state index in [2.05, 4.69) is 9.98 Å². The zero-order valence-electron chi connectivity index (χ0n) is 30.3. The number of aliphatic hydroxyl groups is 8. The Kier molecular flexibility index (Phi) is 14.5. The first-order valence-corrected chi connectivity index (χ1v) is 18.2. The molecule has 0 saturated carbocycles. The Morgan fingerprint density at radius 2 is 0.911 bits per heavy atom. The Bertz CT molecular complexity index is 1790. The number of rotatable bonds is 15. The average Bonchev–Trinajstić information content (AvgIpc) is 3.23. The van der Waals surface area contributed by atoms with Crippen molar-refractivity contribution in [2.24, 2.45) is 9.98 Å². The molecule has 2 fully saturated rings. The van der Waals surface area contributed by atoms with Crippen molar-refractivity contribution in [2.75, 3.05) is 39.5 Å². The van der Waals surface area contributed by atoms with Gasteiger partial charge < -0.3 is 59.8 Å². The summed E-state index contributed by atoms with van der Waals surface area (Å²) in [5.74, 6) is 0. The highest BCUT2D eigenvalue weighted by molar-refractivity contribution is 5.83. The van der Waals surface area contributed by atoms with E-state index < -0.39 is 74.6 Å². The quantitative estimate of drug-likeness (QED) is 0.0583. The lowest BCUT2D eigenvalue weighted by molar-refractivity contribution is -0.300.